The summed E-state index contributed by atoms with van der Waals surface area (Å²) >= 11 is 0. The molecule has 14 rings (SSSR count). The van der Waals surface area contributed by atoms with Crippen molar-refractivity contribution >= 4 is 77.9 Å². The second-order valence-electron chi connectivity index (χ2n) is 16.2. The molecule has 1 spiro atoms. The molecular formula is C55H33N3Si. The van der Waals surface area contributed by atoms with Crippen LogP contribution in [0.4, 0.5) is 0 Å². The van der Waals surface area contributed by atoms with Gasteiger partial charge in [-0.1, -0.05) is 158 Å². The van der Waals surface area contributed by atoms with Gasteiger partial charge in [0.2, 0.25) is 0 Å². The highest BCUT2D eigenvalue weighted by molar-refractivity contribution is 7.24. The van der Waals surface area contributed by atoms with E-state index >= 15 is 0 Å². The summed E-state index contributed by atoms with van der Waals surface area (Å²) in [4.78, 5) is 5.34. The number of nitrogens with zero attached hydrogens (tertiary/aromatic N) is 3. The van der Waals surface area contributed by atoms with Gasteiger partial charge in [0.1, 0.15) is 5.82 Å². The van der Waals surface area contributed by atoms with Crippen molar-refractivity contribution < 1.29 is 0 Å². The van der Waals surface area contributed by atoms with Crippen molar-refractivity contribution in [2.24, 2.45) is 0 Å². The maximum absolute atomic E-state index is 5.34. The first-order valence-electron chi connectivity index (χ1n) is 20.5. The van der Waals surface area contributed by atoms with Crippen molar-refractivity contribution in [3.8, 4) is 50.5 Å². The zero-order chi connectivity index (χ0) is 38.4. The number of para-hydroxylation sites is 5. The number of benzene rings is 9. The summed E-state index contributed by atoms with van der Waals surface area (Å²) in [6, 6.07) is 74.9. The molecule has 0 atom stereocenters. The lowest BCUT2D eigenvalue weighted by Gasteiger charge is -2.28. The Balaban J connectivity index is 1.02. The molecule has 0 saturated carbocycles. The van der Waals surface area contributed by atoms with E-state index in [0.29, 0.717) is 0 Å². The van der Waals surface area contributed by atoms with E-state index in [4.69, 9.17) is 4.98 Å². The van der Waals surface area contributed by atoms with Crippen molar-refractivity contribution in [1.82, 2.24) is 14.0 Å². The van der Waals surface area contributed by atoms with Gasteiger partial charge in [-0.15, -0.1) is 0 Å². The highest BCUT2D eigenvalue weighted by Gasteiger charge is 2.54. The molecule has 0 radical (unpaired) electrons. The zero-order valence-electron chi connectivity index (χ0n) is 31.9. The van der Waals surface area contributed by atoms with Crippen LogP contribution < -0.4 is 20.7 Å². The maximum atomic E-state index is 5.34. The molecule has 9 aromatic carbocycles. The van der Waals surface area contributed by atoms with Crippen LogP contribution >= 0.6 is 0 Å². The Morgan fingerprint density at radius 3 is 1.68 bits per heavy atom. The van der Waals surface area contributed by atoms with Gasteiger partial charge in [-0.25, -0.2) is 4.98 Å². The predicted molar refractivity (Wildman–Crippen MR) is 248 cm³/mol. The van der Waals surface area contributed by atoms with Gasteiger partial charge in [0.25, 0.3) is 0 Å². The van der Waals surface area contributed by atoms with Crippen LogP contribution in [0.25, 0.3) is 99.6 Å². The van der Waals surface area contributed by atoms with E-state index in [1.54, 1.807) is 0 Å². The Morgan fingerprint density at radius 2 is 0.898 bits per heavy atom. The molecule has 2 aliphatic heterocycles. The largest absolute Gasteiger partial charge is 0.308 e. The second kappa shape index (κ2) is 11.3. The summed E-state index contributed by atoms with van der Waals surface area (Å²) in [5.74, 6) is 0.965. The lowest BCUT2D eigenvalue weighted by atomic mass is 9.98. The minimum absolute atomic E-state index is 0.965. The van der Waals surface area contributed by atoms with Crippen molar-refractivity contribution in [2.45, 2.75) is 0 Å². The summed E-state index contributed by atoms with van der Waals surface area (Å²) in [6.45, 7) is 0. The maximum Gasteiger partial charge on any atom is 0.182 e. The monoisotopic (exact) mass is 763 g/mol. The van der Waals surface area contributed by atoms with Crippen molar-refractivity contribution in [3.05, 3.63) is 200 Å². The van der Waals surface area contributed by atoms with E-state index < -0.39 is 8.07 Å². The standard InChI is InChI=1S/C55H33N3Si/c1-2-13-37(14-3-1)57-49-22-9-7-20-46(49)56-55(57)36-26-29-42-41-28-25-35(32-52(41)59(53(42)33-36)50-23-10-5-16-39(50)40-17-6-11-24-51(40)59)34-27-30-48-45(31-34)44-19-12-18-43-38-15-4-8-21-47(38)58(48)54(43)44/h1-33H. The van der Waals surface area contributed by atoms with Gasteiger partial charge >= 0.3 is 0 Å². The lowest BCUT2D eigenvalue weighted by Crippen LogP contribution is -2.70. The van der Waals surface area contributed by atoms with Crippen molar-refractivity contribution in [1.29, 1.82) is 0 Å². The highest BCUT2D eigenvalue weighted by atomic mass is 28.3. The first kappa shape index (κ1) is 31.5. The van der Waals surface area contributed by atoms with Crippen molar-refractivity contribution in [3.63, 3.8) is 0 Å². The van der Waals surface area contributed by atoms with E-state index in [1.165, 1.54) is 92.2 Å². The number of aromatic nitrogens is 3. The average molecular weight is 764 g/mol. The quantitative estimate of drug-likeness (QED) is 0.164. The summed E-state index contributed by atoms with van der Waals surface area (Å²) < 4.78 is 4.80. The van der Waals surface area contributed by atoms with Crippen LogP contribution in [0.2, 0.25) is 0 Å². The van der Waals surface area contributed by atoms with Crippen LogP contribution in [0.5, 0.6) is 0 Å². The van der Waals surface area contributed by atoms with E-state index in [1.807, 2.05) is 0 Å². The fourth-order valence-electron chi connectivity index (χ4n) is 11.1. The van der Waals surface area contributed by atoms with Gasteiger partial charge in [-0.05, 0) is 96.6 Å². The summed E-state index contributed by atoms with van der Waals surface area (Å²) in [6.07, 6.45) is 0. The first-order chi connectivity index (χ1) is 29.3. The molecule has 0 amide bonds. The third kappa shape index (κ3) is 3.94. The van der Waals surface area contributed by atoms with Gasteiger partial charge < -0.3 is 4.40 Å². The summed E-state index contributed by atoms with van der Waals surface area (Å²) in [5, 5.41) is 11.1. The molecule has 0 unspecified atom stereocenters. The number of hydrogen-bond donors (Lipinski definition) is 0. The molecule has 4 heteroatoms. The second-order valence-corrected chi connectivity index (χ2v) is 19.9. The van der Waals surface area contributed by atoms with Gasteiger partial charge in [0.15, 0.2) is 8.07 Å². The first-order valence-corrected chi connectivity index (χ1v) is 22.5. The van der Waals surface area contributed by atoms with Crippen LogP contribution in [0.15, 0.2) is 200 Å². The van der Waals surface area contributed by atoms with Gasteiger partial charge in [-0.3, -0.25) is 4.57 Å². The van der Waals surface area contributed by atoms with E-state index in [0.717, 1.165) is 28.1 Å². The predicted octanol–water partition coefficient (Wildman–Crippen LogP) is 10.8. The minimum Gasteiger partial charge on any atom is -0.308 e. The number of rotatable bonds is 3. The fraction of sp³-hybridized carbons (Fsp3) is 0. The van der Waals surface area contributed by atoms with Crippen LogP contribution in [0.3, 0.4) is 0 Å². The Labute approximate surface area is 341 Å². The summed E-state index contributed by atoms with van der Waals surface area (Å²) in [5.41, 5.74) is 16.1. The third-order valence-corrected chi connectivity index (χ3v) is 18.4. The van der Waals surface area contributed by atoms with Gasteiger partial charge in [0, 0.05) is 32.8 Å². The highest BCUT2D eigenvalue weighted by Crippen LogP contribution is 2.42. The van der Waals surface area contributed by atoms with Gasteiger partial charge in [-0.2, -0.15) is 0 Å². The van der Waals surface area contributed by atoms with Crippen LogP contribution in [0, 0.1) is 0 Å². The fourth-order valence-corrected chi connectivity index (χ4v) is 16.8. The molecule has 0 saturated heterocycles. The molecule has 59 heavy (non-hydrogen) atoms. The Bertz CT molecular complexity index is 3690. The average Bonchev–Trinajstić information content (AvgIpc) is 4.09. The Kier molecular flexibility index (Phi) is 6.05. The number of hydrogen-bond acceptors (Lipinski definition) is 1. The normalized spacial score (nSPS) is 13.6. The Morgan fingerprint density at radius 1 is 0.356 bits per heavy atom. The third-order valence-electron chi connectivity index (χ3n) is 13.5. The van der Waals surface area contributed by atoms with Crippen LogP contribution in [-0.4, -0.2) is 22.0 Å². The SMILES string of the molecule is c1ccc(-n2c(-c3ccc4c(c3)[Si]3(c5ccccc5-c5ccccc53)c3cc(-c5ccc6c(c5)c5cccc7c8ccccc8n6c75)ccc3-4)nc3ccccc32)cc1. The molecule has 0 N–H and O–H groups in total. The molecule has 0 fully saturated rings. The Hall–Kier alpha value is -7.53. The van der Waals surface area contributed by atoms with Crippen LogP contribution in [-0.2, 0) is 0 Å². The number of fused-ring (bicyclic) bond motifs is 17. The van der Waals surface area contributed by atoms with E-state index in [-0.39, 0.29) is 0 Å². The molecule has 272 valence electrons. The van der Waals surface area contributed by atoms with Crippen molar-refractivity contribution in [2.75, 3.05) is 0 Å². The van der Waals surface area contributed by atoms with Gasteiger partial charge in [0.05, 0.1) is 27.6 Å². The molecular weight excluding hydrogens is 731 g/mol. The topological polar surface area (TPSA) is 22.2 Å². The molecule has 12 aromatic rings. The summed E-state index contributed by atoms with van der Waals surface area (Å²) in [7, 11) is -2.79. The zero-order valence-corrected chi connectivity index (χ0v) is 32.9. The molecule has 5 heterocycles. The lowest BCUT2D eigenvalue weighted by molar-refractivity contribution is 1.10. The minimum atomic E-state index is -2.79. The van der Waals surface area contributed by atoms with Crippen LogP contribution in [0.1, 0.15) is 0 Å². The molecule has 3 nitrogen and oxygen atoms in total. The number of imidazole rings is 1. The smallest absolute Gasteiger partial charge is 0.182 e. The van der Waals surface area contributed by atoms with E-state index in [2.05, 4.69) is 209 Å². The molecule has 2 aliphatic rings. The van der Waals surface area contributed by atoms with E-state index in [9.17, 15) is 0 Å². The molecule has 0 aliphatic carbocycles. The molecule has 3 aromatic heterocycles. The molecule has 0 bridgehead atoms.